The summed E-state index contributed by atoms with van der Waals surface area (Å²) in [5.41, 5.74) is 2.08. The quantitative estimate of drug-likeness (QED) is 0.247. The van der Waals surface area contributed by atoms with Crippen molar-refractivity contribution in [2.45, 2.75) is 13.5 Å². The van der Waals surface area contributed by atoms with E-state index >= 15 is 0 Å². The maximum absolute atomic E-state index is 13.4. The number of nitrogens with one attached hydrogen (secondary N) is 1. The van der Waals surface area contributed by atoms with Gasteiger partial charge in [0.05, 0.1) is 36.8 Å². The number of ether oxygens (including phenoxy) is 1. The second-order valence-corrected chi connectivity index (χ2v) is 9.82. The van der Waals surface area contributed by atoms with Gasteiger partial charge in [0.15, 0.2) is 0 Å². The molecule has 182 valence electrons. The number of halogens is 1. The summed E-state index contributed by atoms with van der Waals surface area (Å²) in [6, 6.07) is 10.9. The van der Waals surface area contributed by atoms with Crippen LogP contribution in [0.2, 0.25) is 5.02 Å². The number of thiocarbonyl (C=S) groups is 1. The Hall–Kier alpha value is -2.76. The highest BCUT2D eigenvalue weighted by Crippen LogP contribution is 2.34. The van der Waals surface area contributed by atoms with Gasteiger partial charge < -0.3 is 15.2 Å². The smallest absolute Gasteiger partial charge is 0.267 e. The maximum Gasteiger partial charge on any atom is 0.267 e. The van der Waals surface area contributed by atoms with E-state index < -0.39 is 0 Å². The van der Waals surface area contributed by atoms with Gasteiger partial charge in [-0.05, 0) is 36.3 Å². The van der Waals surface area contributed by atoms with E-state index in [9.17, 15) is 9.59 Å². The summed E-state index contributed by atoms with van der Waals surface area (Å²) in [4.78, 5) is 33.0. The molecular formula is C24H23ClN4O4S2. The van der Waals surface area contributed by atoms with Crippen molar-refractivity contribution < 1.29 is 14.6 Å². The molecule has 0 aliphatic carbocycles. The van der Waals surface area contributed by atoms with E-state index in [1.807, 2.05) is 31.2 Å². The van der Waals surface area contributed by atoms with Crippen molar-refractivity contribution >= 4 is 63.3 Å². The third-order valence-corrected chi connectivity index (χ3v) is 6.96. The zero-order chi connectivity index (χ0) is 24.9. The molecule has 11 heteroatoms. The Balaban J connectivity index is 1.68. The SMILES string of the molecule is Cc1ccc2nc(NCCOCCO)c(/C=C3/SC(=S)N(Cc4ccccc4Cl)C3=O)c(=O)n2c1. The summed E-state index contributed by atoms with van der Waals surface area (Å²) in [6.45, 7) is 2.95. The summed E-state index contributed by atoms with van der Waals surface area (Å²) in [7, 11) is 0. The van der Waals surface area contributed by atoms with E-state index in [-0.39, 0.29) is 36.8 Å². The van der Waals surface area contributed by atoms with Gasteiger partial charge in [-0.3, -0.25) is 18.9 Å². The molecule has 1 aliphatic rings. The fraction of sp³-hybridized carbons (Fsp3) is 0.250. The van der Waals surface area contributed by atoms with E-state index in [1.54, 1.807) is 18.3 Å². The summed E-state index contributed by atoms with van der Waals surface area (Å²) < 4.78 is 7.14. The zero-order valence-corrected chi connectivity index (χ0v) is 21.3. The standard InChI is InChI=1S/C24H23ClN4O4S2/c1-15-6-7-20-27-21(26-8-10-33-11-9-30)17(22(31)28(20)13-15)12-19-23(32)29(24(34)35-19)14-16-4-2-3-5-18(16)25/h2-7,12-13,26,30H,8-11,14H2,1H3/b19-12+. The minimum Gasteiger partial charge on any atom is -0.394 e. The zero-order valence-electron chi connectivity index (χ0n) is 18.9. The molecule has 3 aromatic rings. The van der Waals surface area contributed by atoms with E-state index in [2.05, 4.69) is 10.3 Å². The van der Waals surface area contributed by atoms with Gasteiger partial charge in [0.25, 0.3) is 11.5 Å². The molecule has 1 saturated heterocycles. The number of nitrogens with zero attached hydrogens (tertiary/aromatic N) is 3. The van der Waals surface area contributed by atoms with Crippen LogP contribution in [0.3, 0.4) is 0 Å². The summed E-state index contributed by atoms with van der Waals surface area (Å²) >= 11 is 12.9. The first-order valence-electron chi connectivity index (χ1n) is 10.8. The van der Waals surface area contributed by atoms with Crippen LogP contribution in [0.4, 0.5) is 5.82 Å². The van der Waals surface area contributed by atoms with E-state index in [4.69, 9.17) is 33.7 Å². The average Bonchev–Trinajstić information content (AvgIpc) is 3.10. The lowest BCUT2D eigenvalue weighted by Gasteiger charge is -2.15. The predicted molar refractivity (Wildman–Crippen MR) is 143 cm³/mol. The van der Waals surface area contributed by atoms with Crippen LogP contribution in [-0.2, 0) is 16.1 Å². The number of amides is 1. The average molecular weight is 531 g/mol. The van der Waals surface area contributed by atoms with Crippen LogP contribution in [-0.4, -0.2) is 56.0 Å². The highest BCUT2D eigenvalue weighted by molar-refractivity contribution is 8.26. The van der Waals surface area contributed by atoms with Gasteiger partial charge >= 0.3 is 0 Å². The van der Waals surface area contributed by atoms with Gasteiger partial charge in [0, 0.05) is 17.8 Å². The number of aryl methyl sites for hydroxylation is 1. The number of rotatable bonds is 9. The summed E-state index contributed by atoms with van der Waals surface area (Å²) in [6.07, 6.45) is 3.24. The highest BCUT2D eigenvalue weighted by Gasteiger charge is 2.33. The highest BCUT2D eigenvalue weighted by atomic mass is 35.5. The molecule has 35 heavy (non-hydrogen) atoms. The summed E-state index contributed by atoms with van der Waals surface area (Å²) in [5.74, 6) is 0.0358. The second kappa shape index (κ2) is 11.3. The first-order valence-corrected chi connectivity index (χ1v) is 12.4. The van der Waals surface area contributed by atoms with Gasteiger partial charge in [-0.25, -0.2) is 4.98 Å². The molecule has 0 saturated carbocycles. The topological polar surface area (TPSA) is 96.2 Å². The Morgan fingerprint density at radius 2 is 2.03 bits per heavy atom. The Kier molecular flexibility index (Phi) is 8.19. The number of aromatic nitrogens is 2. The third-order valence-electron chi connectivity index (χ3n) is 5.22. The minimum atomic E-state index is -0.311. The van der Waals surface area contributed by atoms with Crippen molar-refractivity contribution in [3.05, 3.63) is 79.6 Å². The molecule has 1 amide bonds. The molecule has 1 fully saturated rings. The number of anilines is 1. The first kappa shape index (κ1) is 25.3. The van der Waals surface area contributed by atoms with Crippen LogP contribution in [0.1, 0.15) is 16.7 Å². The van der Waals surface area contributed by atoms with Gasteiger partial charge in [0.1, 0.15) is 15.8 Å². The lowest BCUT2D eigenvalue weighted by molar-refractivity contribution is -0.122. The van der Waals surface area contributed by atoms with Crippen molar-refractivity contribution in [3.8, 4) is 0 Å². The lowest BCUT2D eigenvalue weighted by Crippen LogP contribution is -2.27. The first-order chi connectivity index (χ1) is 16.9. The number of aliphatic hydroxyl groups is 1. The molecule has 2 N–H and O–H groups in total. The molecule has 0 spiro atoms. The predicted octanol–water partition coefficient (Wildman–Crippen LogP) is 3.48. The monoisotopic (exact) mass is 530 g/mol. The number of pyridine rings is 1. The lowest BCUT2D eigenvalue weighted by atomic mass is 10.2. The fourth-order valence-corrected chi connectivity index (χ4v) is 4.93. The Morgan fingerprint density at radius 3 is 2.80 bits per heavy atom. The number of benzene rings is 1. The number of hydrogen-bond donors (Lipinski definition) is 2. The molecule has 0 radical (unpaired) electrons. The molecule has 0 unspecified atom stereocenters. The normalized spacial score (nSPS) is 14.9. The van der Waals surface area contributed by atoms with Crippen LogP contribution in [0, 0.1) is 6.92 Å². The number of aliphatic hydroxyl groups excluding tert-OH is 1. The second-order valence-electron chi connectivity index (χ2n) is 7.74. The molecule has 3 heterocycles. The van der Waals surface area contributed by atoms with Crippen molar-refractivity contribution in [3.63, 3.8) is 0 Å². The Morgan fingerprint density at radius 1 is 1.23 bits per heavy atom. The van der Waals surface area contributed by atoms with E-state index in [0.29, 0.717) is 38.9 Å². The third kappa shape index (κ3) is 5.74. The van der Waals surface area contributed by atoms with Crippen LogP contribution >= 0.6 is 35.6 Å². The van der Waals surface area contributed by atoms with Gasteiger partial charge in [-0.1, -0.05) is 59.8 Å². The van der Waals surface area contributed by atoms with Crippen molar-refractivity contribution in [1.29, 1.82) is 0 Å². The van der Waals surface area contributed by atoms with E-state index in [0.717, 1.165) is 22.9 Å². The number of hydrogen-bond acceptors (Lipinski definition) is 8. The Labute approximate surface area is 216 Å². The number of thioether (sulfide) groups is 1. The maximum atomic E-state index is 13.4. The molecule has 1 aliphatic heterocycles. The number of fused-ring (bicyclic) bond motifs is 1. The molecule has 8 nitrogen and oxygen atoms in total. The van der Waals surface area contributed by atoms with Crippen molar-refractivity contribution in [2.75, 3.05) is 31.7 Å². The number of carbonyl (C=O) groups is 1. The molecule has 1 aromatic carbocycles. The van der Waals surface area contributed by atoms with Crippen LogP contribution < -0.4 is 10.9 Å². The van der Waals surface area contributed by atoms with Crippen molar-refractivity contribution in [2.24, 2.45) is 0 Å². The fourth-order valence-electron chi connectivity index (χ4n) is 3.50. The van der Waals surface area contributed by atoms with Crippen molar-refractivity contribution in [1.82, 2.24) is 14.3 Å². The van der Waals surface area contributed by atoms with Gasteiger partial charge in [0.2, 0.25) is 0 Å². The largest absolute Gasteiger partial charge is 0.394 e. The van der Waals surface area contributed by atoms with Crippen LogP contribution in [0.15, 0.2) is 52.3 Å². The molecular weight excluding hydrogens is 508 g/mol. The molecule has 0 atom stereocenters. The van der Waals surface area contributed by atoms with Gasteiger partial charge in [-0.15, -0.1) is 0 Å². The number of carbonyl (C=O) groups excluding carboxylic acids is 1. The van der Waals surface area contributed by atoms with Crippen LogP contribution in [0.5, 0.6) is 0 Å². The molecule has 2 aromatic heterocycles. The summed E-state index contributed by atoms with van der Waals surface area (Å²) in [5, 5.41) is 12.5. The molecule has 4 rings (SSSR count). The van der Waals surface area contributed by atoms with Gasteiger partial charge in [-0.2, -0.15) is 0 Å². The Bertz CT molecular complexity index is 1380. The van der Waals surface area contributed by atoms with Crippen LogP contribution in [0.25, 0.3) is 11.7 Å². The molecule has 0 bridgehead atoms. The van der Waals surface area contributed by atoms with E-state index in [1.165, 1.54) is 15.4 Å². The minimum absolute atomic E-state index is 0.0732.